The third-order valence-corrected chi connectivity index (χ3v) is 3.58. The minimum Gasteiger partial charge on any atom is -0.465 e. The summed E-state index contributed by atoms with van der Waals surface area (Å²) in [5, 5.41) is 0. The van der Waals surface area contributed by atoms with Gasteiger partial charge in [0.2, 0.25) is 0 Å². The average molecular weight is 273 g/mol. The molecule has 20 heavy (non-hydrogen) atoms. The van der Waals surface area contributed by atoms with Crippen molar-refractivity contribution in [2.75, 3.05) is 7.05 Å². The Labute approximate surface area is 120 Å². The van der Waals surface area contributed by atoms with Gasteiger partial charge in [-0.3, -0.25) is 9.88 Å². The van der Waals surface area contributed by atoms with Crippen LogP contribution in [0.5, 0.6) is 0 Å². The van der Waals surface area contributed by atoms with Crippen molar-refractivity contribution in [3.05, 3.63) is 53.7 Å². The second-order valence-electron chi connectivity index (χ2n) is 5.23. The normalized spacial score (nSPS) is 14.4. The SMILES string of the molecule is CCC(N)C(c1cccnc1)N(C)Cc1ccc(C)o1. The quantitative estimate of drug-likeness (QED) is 0.879. The first-order chi connectivity index (χ1) is 9.61. The molecule has 2 aromatic rings. The molecule has 0 aliphatic heterocycles. The van der Waals surface area contributed by atoms with Gasteiger partial charge >= 0.3 is 0 Å². The summed E-state index contributed by atoms with van der Waals surface area (Å²) < 4.78 is 5.66. The van der Waals surface area contributed by atoms with Crippen molar-refractivity contribution in [2.45, 2.75) is 38.9 Å². The van der Waals surface area contributed by atoms with Crippen molar-refractivity contribution in [1.82, 2.24) is 9.88 Å². The van der Waals surface area contributed by atoms with Gasteiger partial charge in [-0.25, -0.2) is 0 Å². The van der Waals surface area contributed by atoms with Crippen LogP contribution in [-0.4, -0.2) is 23.0 Å². The molecule has 2 heterocycles. The van der Waals surface area contributed by atoms with Crippen molar-refractivity contribution in [3.8, 4) is 0 Å². The first kappa shape index (κ1) is 14.8. The first-order valence-corrected chi connectivity index (χ1v) is 7.03. The molecule has 2 rings (SSSR count). The molecule has 0 saturated heterocycles. The summed E-state index contributed by atoms with van der Waals surface area (Å²) in [6.45, 7) is 4.81. The van der Waals surface area contributed by atoms with Gasteiger partial charge in [-0.2, -0.15) is 0 Å². The summed E-state index contributed by atoms with van der Waals surface area (Å²) in [7, 11) is 2.07. The van der Waals surface area contributed by atoms with Crippen LogP contribution in [0.3, 0.4) is 0 Å². The molecule has 0 spiro atoms. The van der Waals surface area contributed by atoms with Crippen molar-refractivity contribution < 1.29 is 4.42 Å². The summed E-state index contributed by atoms with van der Waals surface area (Å²) in [5.74, 6) is 1.90. The monoisotopic (exact) mass is 273 g/mol. The van der Waals surface area contributed by atoms with E-state index >= 15 is 0 Å². The number of hydrogen-bond donors (Lipinski definition) is 1. The summed E-state index contributed by atoms with van der Waals surface area (Å²) in [6.07, 6.45) is 4.60. The second kappa shape index (κ2) is 6.68. The van der Waals surface area contributed by atoms with E-state index in [2.05, 4.69) is 29.9 Å². The van der Waals surface area contributed by atoms with Crippen molar-refractivity contribution in [2.24, 2.45) is 5.73 Å². The number of rotatable bonds is 6. The maximum absolute atomic E-state index is 6.31. The molecule has 2 N–H and O–H groups in total. The molecule has 0 fully saturated rings. The highest BCUT2D eigenvalue weighted by atomic mass is 16.3. The Morgan fingerprint density at radius 3 is 2.70 bits per heavy atom. The Morgan fingerprint density at radius 2 is 2.15 bits per heavy atom. The van der Waals surface area contributed by atoms with E-state index in [0.717, 1.165) is 30.0 Å². The lowest BCUT2D eigenvalue weighted by Gasteiger charge is -2.32. The van der Waals surface area contributed by atoms with E-state index in [1.165, 1.54) is 0 Å². The van der Waals surface area contributed by atoms with Crippen molar-refractivity contribution in [3.63, 3.8) is 0 Å². The highest BCUT2D eigenvalue weighted by Gasteiger charge is 2.24. The number of aromatic nitrogens is 1. The van der Waals surface area contributed by atoms with Gasteiger partial charge in [0.1, 0.15) is 11.5 Å². The Hall–Kier alpha value is -1.65. The summed E-state index contributed by atoms with van der Waals surface area (Å²) in [5.41, 5.74) is 7.45. The summed E-state index contributed by atoms with van der Waals surface area (Å²) in [4.78, 5) is 6.44. The zero-order chi connectivity index (χ0) is 14.5. The first-order valence-electron chi connectivity index (χ1n) is 7.03. The summed E-state index contributed by atoms with van der Waals surface area (Å²) in [6, 6.07) is 8.25. The predicted molar refractivity (Wildman–Crippen MR) is 80.2 cm³/mol. The fraction of sp³-hybridized carbons (Fsp3) is 0.438. The van der Waals surface area contributed by atoms with Crippen LogP contribution < -0.4 is 5.73 Å². The maximum atomic E-state index is 6.31. The second-order valence-corrected chi connectivity index (χ2v) is 5.23. The molecule has 0 aliphatic carbocycles. The van der Waals surface area contributed by atoms with Gasteiger partial charge in [0.25, 0.3) is 0 Å². The average Bonchev–Trinajstić information content (AvgIpc) is 2.85. The Morgan fingerprint density at radius 1 is 1.35 bits per heavy atom. The van der Waals surface area contributed by atoms with Crippen LogP contribution in [-0.2, 0) is 6.54 Å². The van der Waals surface area contributed by atoms with E-state index in [0.29, 0.717) is 0 Å². The van der Waals surface area contributed by atoms with E-state index in [9.17, 15) is 0 Å². The molecule has 4 heteroatoms. The summed E-state index contributed by atoms with van der Waals surface area (Å²) >= 11 is 0. The van der Waals surface area contributed by atoms with Crippen molar-refractivity contribution >= 4 is 0 Å². The van der Waals surface area contributed by atoms with Crippen LogP contribution >= 0.6 is 0 Å². The van der Waals surface area contributed by atoms with Gasteiger partial charge in [0.15, 0.2) is 0 Å². The molecule has 2 atom stereocenters. The Bertz CT molecular complexity index is 524. The standard InChI is InChI=1S/C16H23N3O/c1-4-15(17)16(13-6-5-9-18-10-13)19(3)11-14-8-7-12(2)20-14/h5-10,15-16H,4,11,17H2,1-3H3. The minimum atomic E-state index is 0.0697. The van der Waals surface area contributed by atoms with E-state index in [4.69, 9.17) is 10.2 Å². The third kappa shape index (κ3) is 3.46. The molecule has 4 nitrogen and oxygen atoms in total. The van der Waals surface area contributed by atoms with Crippen molar-refractivity contribution in [1.29, 1.82) is 0 Å². The molecule has 0 aliphatic rings. The lowest BCUT2D eigenvalue weighted by Crippen LogP contribution is -2.38. The smallest absolute Gasteiger partial charge is 0.118 e. The zero-order valence-electron chi connectivity index (χ0n) is 12.4. The van der Waals surface area contributed by atoms with Gasteiger partial charge in [0.05, 0.1) is 12.6 Å². The molecule has 108 valence electrons. The number of aryl methyl sites for hydroxylation is 1. The zero-order valence-corrected chi connectivity index (χ0v) is 12.4. The van der Waals surface area contributed by atoms with Crippen LogP contribution in [0.1, 0.15) is 36.5 Å². The van der Waals surface area contributed by atoms with Gasteiger partial charge in [-0.15, -0.1) is 0 Å². The highest BCUT2D eigenvalue weighted by molar-refractivity contribution is 5.17. The molecular weight excluding hydrogens is 250 g/mol. The molecule has 0 aromatic carbocycles. The number of hydrogen-bond acceptors (Lipinski definition) is 4. The van der Waals surface area contributed by atoms with Gasteiger partial charge in [-0.1, -0.05) is 13.0 Å². The number of furan rings is 1. The largest absolute Gasteiger partial charge is 0.465 e. The van der Waals surface area contributed by atoms with Crippen LogP contribution in [0.25, 0.3) is 0 Å². The maximum Gasteiger partial charge on any atom is 0.118 e. The topological polar surface area (TPSA) is 55.3 Å². The number of nitrogens with two attached hydrogens (primary N) is 1. The molecule has 2 unspecified atom stereocenters. The van der Waals surface area contributed by atoms with Gasteiger partial charge < -0.3 is 10.2 Å². The highest BCUT2D eigenvalue weighted by Crippen LogP contribution is 2.25. The molecule has 2 aromatic heterocycles. The molecule has 0 bridgehead atoms. The van der Waals surface area contributed by atoms with E-state index in [1.807, 2.05) is 31.3 Å². The fourth-order valence-corrected chi connectivity index (χ4v) is 2.52. The van der Waals surface area contributed by atoms with Gasteiger partial charge in [-0.05, 0) is 44.2 Å². The Balaban J connectivity index is 2.18. The molecule has 0 saturated carbocycles. The molecule has 0 amide bonds. The Kier molecular flexibility index (Phi) is 4.93. The lowest BCUT2D eigenvalue weighted by molar-refractivity contribution is 0.187. The van der Waals surface area contributed by atoms with E-state index < -0.39 is 0 Å². The van der Waals surface area contributed by atoms with Crippen LogP contribution in [0.2, 0.25) is 0 Å². The van der Waals surface area contributed by atoms with Crippen LogP contribution in [0.4, 0.5) is 0 Å². The lowest BCUT2D eigenvalue weighted by atomic mass is 9.98. The van der Waals surface area contributed by atoms with Crippen LogP contribution in [0.15, 0.2) is 41.1 Å². The number of pyridine rings is 1. The third-order valence-electron chi connectivity index (χ3n) is 3.58. The van der Waals surface area contributed by atoms with E-state index in [1.54, 1.807) is 6.20 Å². The molecule has 0 radical (unpaired) electrons. The van der Waals surface area contributed by atoms with Gasteiger partial charge in [0, 0.05) is 18.4 Å². The van der Waals surface area contributed by atoms with E-state index in [-0.39, 0.29) is 12.1 Å². The molecular formula is C16H23N3O. The minimum absolute atomic E-state index is 0.0697. The fourth-order valence-electron chi connectivity index (χ4n) is 2.52. The number of likely N-dealkylation sites (N-methyl/N-ethyl adjacent to an activating group) is 1. The predicted octanol–water partition coefficient (Wildman–Crippen LogP) is 2.89. The van der Waals surface area contributed by atoms with Crippen LogP contribution in [0, 0.1) is 6.92 Å². The number of nitrogens with zero attached hydrogens (tertiary/aromatic N) is 2.